The molecule has 11 heavy (non-hydrogen) atoms. The minimum atomic E-state index is 0.132. The van der Waals surface area contributed by atoms with Crippen molar-refractivity contribution in [2.24, 2.45) is 5.92 Å². The van der Waals surface area contributed by atoms with Crippen LogP contribution in [0.15, 0.2) is 0 Å². The van der Waals surface area contributed by atoms with Crippen LogP contribution in [0.3, 0.4) is 0 Å². The molecule has 62 valence electrons. The van der Waals surface area contributed by atoms with Crippen LogP contribution in [0.4, 0.5) is 0 Å². The molecule has 0 aliphatic rings. The number of nitrogens with zero attached hydrogens (tertiary/aromatic N) is 1. The fourth-order valence-corrected chi connectivity index (χ4v) is 0.909. The van der Waals surface area contributed by atoms with E-state index in [1.807, 2.05) is 25.8 Å². The molecule has 3 heteroatoms. The number of rotatable bonds is 4. The fourth-order valence-electron chi connectivity index (χ4n) is 0.639. The van der Waals surface area contributed by atoms with E-state index in [-0.39, 0.29) is 11.7 Å². The first-order valence-electron chi connectivity index (χ1n) is 3.68. The van der Waals surface area contributed by atoms with Gasteiger partial charge < -0.3 is 0 Å². The molecule has 0 aromatic rings. The zero-order valence-corrected chi connectivity index (χ0v) is 8.35. The molecule has 0 heterocycles. The Bertz CT molecular complexity index is 171. The van der Waals surface area contributed by atoms with Crippen LogP contribution in [0.25, 0.3) is 0 Å². The van der Waals surface area contributed by atoms with Crippen LogP contribution in [0.2, 0.25) is 0 Å². The molecule has 0 N–H and O–H groups in total. The number of carbonyl (C=O) groups excluding carboxylic acids is 1. The van der Waals surface area contributed by atoms with Crippen molar-refractivity contribution >= 4 is 14.5 Å². The van der Waals surface area contributed by atoms with E-state index in [9.17, 15) is 4.79 Å². The average molecular weight is 172 g/mol. The van der Waals surface area contributed by atoms with Gasteiger partial charge in [0.15, 0.2) is 0 Å². The van der Waals surface area contributed by atoms with Crippen molar-refractivity contribution in [3.8, 4) is 5.63 Å². The Morgan fingerprint density at radius 1 is 1.64 bits per heavy atom. The summed E-state index contributed by atoms with van der Waals surface area (Å²) in [6.45, 7) is 5.01. The summed E-state index contributed by atoms with van der Waals surface area (Å²) in [6, 6.07) is 0. The molecular weight excluding hydrogens is 157 g/mol. The standard InChI is InChI=1S/C8H14NOP/c1-7(2)8(10)6-9(3)4-5-11/h7H,4,6H2,1-3H3/p+1. The van der Waals surface area contributed by atoms with E-state index in [0.717, 1.165) is 0 Å². The molecule has 0 atom stereocenters. The summed E-state index contributed by atoms with van der Waals surface area (Å²) >= 11 is 0. The Kier molecular flexibility index (Phi) is 5.41. The Labute approximate surface area is 70.5 Å². The molecule has 0 aromatic carbocycles. The van der Waals surface area contributed by atoms with Gasteiger partial charge in [-0.25, -0.2) is 0 Å². The van der Waals surface area contributed by atoms with Gasteiger partial charge in [0.05, 0.1) is 0 Å². The van der Waals surface area contributed by atoms with Crippen molar-refractivity contribution in [1.29, 1.82) is 0 Å². The van der Waals surface area contributed by atoms with E-state index in [1.165, 1.54) is 0 Å². The van der Waals surface area contributed by atoms with Crippen LogP contribution in [0.5, 0.6) is 0 Å². The molecule has 0 unspecified atom stereocenters. The Morgan fingerprint density at radius 2 is 2.18 bits per heavy atom. The van der Waals surface area contributed by atoms with Crippen molar-refractivity contribution in [2.75, 3.05) is 20.1 Å². The number of Topliss-reactive ketones (excluding diaryl/α,β-unsaturated/α-hetero) is 1. The van der Waals surface area contributed by atoms with Crippen molar-refractivity contribution in [3.63, 3.8) is 0 Å². The van der Waals surface area contributed by atoms with Gasteiger partial charge in [-0.3, -0.25) is 0 Å². The zero-order chi connectivity index (χ0) is 8.85. The number of likely N-dealkylation sites (N-methyl/N-ethyl adjacent to an activating group) is 1. The van der Waals surface area contributed by atoms with Crippen LogP contribution in [0, 0.1) is 11.5 Å². The molecule has 0 aliphatic carbocycles. The van der Waals surface area contributed by atoms with Crippen molar-refractivity contribution in [1.82, 2.24) is 4.90 Å². The molecule has 2 nitrogen and oxygen atoms in total. The predicted molar refractivity (Wildman–Crippen MR) is 49.5 cm³/mol. The van der Waals surface area contributed by atoms with E-state index >= 15 is 0 Å². The molecule has 0 bridgehead atoms. The Hall–Kier alpha value is -0.160. The molecule has 0 radical (unpaired) electrons. The normalized spacial score (nSPS) is 10.2. The average Bonchev–Trinajstić information content (AvgIpc) is 1.87. The van der Waals surface area contributed by atoms with Gasteiger partial charge in [-0.05, 0) is 0 Å². The summed E-state index contributed by atoms with van der Waals surface area (Å²) in [5, 5.41) is 0. The van der Waals surface area contributed by atoms with E-state index in [1.54, 1.807) is 0 Å². The van der Waals surface area contributed by atoms with Gasteiger partial charge in [0.25, 0.3) is 0 Å². The summed E-state index contributed by atoms with van der Waals surface area (Å²) in [6.07, 6.45) is 0. The summed E-state index contributed by atoms with van der Waals surface area (Å²) < 4.78 is 0. The number of hydrogen-bond acceptors (Lipinski definition) is 2. The second-order valence-electron chi connectivity index (χ2n) is 2.97. The van der Waals surface area contributed by atoms with Crippen molar-refractivity contribution in [2.45, 2.75) is 13.8 Å². The maximum atomic E-state index is 11.1. The maximum absolute atomic E-state index is 11.1. The summed E-state index contributed by atoms with van der Waals surface area (Å²) in [4.78, 5) is 13.1. The van der Waals surface area contributed by atoms with Gasteiger partial charge in [0, 0.05) is 0 Å². The van der Waals surface area contributed by atoms with Crippen LogP contribution in [-0.2, 0) is 4.79 Å². The van der Waals surface area contributed by atoms with E-state index < -0.39 is 0 Å². The molecule has 0 amide bonds. The molecule has 0 aromatic heterocycles. The summed E-state index contributed by atoms with van der Waals surface area (Å²) in [5.41, 5.74) is 2.79. The summed E-state index contributed by atoms with van der Waals surface area (Å²) in [7, 11) is 5.01. The van der Waals surface area contributed by atoms with Crippen LogP contribution < -0.4 is 0 Å². The number of hydrogen-bond donors (Lipinski definition) is 0. The van der Waals surface area contributed by atoms with Crippen LogP contribution in [-0.4, -0.2) is 30.8 Å². The third-order valence-corrected chi connectivity index (χ3v) is 1.58. The minimum absolute atomic E-state index is 0.132. The van der Waals surface area contributed by atoms with Gasteiger partial charge in [-0.2, -0.15) is 0 Å². The monoisotopic (exact) mass is 172 g/mol. The summed E-state index contributed by atoms with van der Waals surface area (Å²) in [5.74, 6) is 0.404. The molecular formula is C8H15NOP+. The zero-order valence-electron chi connectivity index (χ0n) is 7.35. The van der Waals surface area contributed by atoms with E-state index in [2.05, 4.69) is 14.3 Å². The van der Waals surface area contributed by atoms with Gasteiger partial charge >= 0.3 is 69.7 Å². The first kappa shape index (κ1) is 10.8. The molecule has 0 saturated carbocycles. The first-order valence-corrected chi connectivity index (χ1v) is 4.18. The van der Waals surface area contributed by atoms with Gasteiger partial charge in [-0.15, -0.1) is 0 Å². The molecule has 0 spiro atoms. The van der Waals surface area contributed by atoms with Crippen LogP contribution >= 0.6 is 8.70 Å². The first-order chi connectivity index (χ1) is 5.07. The van der Waals surface area contributed by atoms with Crippen molar-refractivity contribution < 1.29 is 4.79 Å². The predicted octanol–water partition coefficient (Wildman–Crippen LogP) is 1.25. The van der Waals surface area contributed by atoms with Gasteiger partial charge in [0.2, 0.25) is 0 Å². The Morgan fingerprint density at radius 3 is 2.55 bits per heavy atom. The number of ketones is 1. The van der Waals surface area contributed by atoms with Crippen molar-refractivity contribution in [3.05, 3.63) is 0 Å². The topological polar surface area (TPSA) is 20.3 Å². The van der Waals surface area contributed by atoms with Crippen LogP contribution in [0.1, 0.15) is 13.8 Å². The number of carbonyl (C=O) groups is 1. The third kappa shape index (κ3) is 5.15. The third-order valence-electron chi connectivity index (χ3n) is 1.42. The van der Waals surface area contributed by atoms with E-state index in [0.29, 0.717) is 13.1 Å². The van der Waals surface area contributed by atoms with E-state index in [4.69, 9.17) is 0 Å². The van der Waals surface area contributed by atoms with Gasteiger partial charge in [-0.1, -0.05) is 0 Å². The Balaban J connectivity index is 3.68. The molecule has 0 saturated heterocycles. The quantitative estimate of drug-likeness (QED) is 0.595. The van der Waals surface area contributed by atoms with Gasteiger partial charge in [0.1, 0.15) is 0 Å². The second-order valence-corrected chi connectivity index (χ2v) is 3.32. The fraction of sp³-hybridized carbons (Fsp3) is 0.750. The molecule has 0 fully saturated rings. The molecule has 0 aliphatic heterocycles. The second kappa shape index (κ2) is 5.49. The molecule has 0 rings (SSSR count). The SMILES string of the molecule is CC(C)C(=O)CN(C)CC#[PH+].